The van der Waals surface area contributed by atoms with E-state index >= 15 is 0 Å². The van der Waals surface area contributed by atoms with Crippen LogP contribution in [-0.2, 0) is 28.9 Å². The van der Waals surface area contributed by atoms with E-state index < -0.39 is 41.0 Å². The summed E-state index contributed by atoms with van der Waals surface area (Å²) in [6, 6.07) is 4.27. The summed E-state index contributed by atoms with van der Waals surface area (Å²) in [5.41, 5.74) is 9.84. The van der Waals surface area contributed by atoms with E-state index in [2.05, 4.69) is 4.89 Å². The van der Waals surface area contributed by atoms with Crippen LogP contribution in [0.25, 0.3) is 0 Å². The van der Waals surface area contributed by atoms with Crippen molar-refractivity contribution in [2.24, 2.45) is 23.3 Å². The summed E-state index contributed by atoms with van der Waals surface area (Å²) in [6.07, 6.45) is -0.0649. The minimum absolute atomic E-state index is 0.0649. The highest BCUT2D eigenvalue weighted by molar-refractivity contribution is 6.04. The molecular weight excluding hydrogens is 420 g/mol. The highest BCUT2D eigenvalue weighted by atomic mass is 17.2. The third-order valence-corrected chi connectivity index (χ3v) is 4.75. The van der Waals surface area contributed by atoms with Crippen molar-refractivity contribution in [2.75, 3.05) is 6.79 Å². The molecule has 0 saturated carbocycles. The number of esters is 1. The average Bonchev–Trinajstić information content (AvgIpc) is 3.16. The Kier molecular flexibility index (Phi) is 7.74. The average molecular weight is 453 g/mol. The molecule has 178 valence electrons. The van der Waals surface area contributed by atoms with E-state index in [1.807, 2.05) is 0 Å². The Morgan fingerprint density at radius 1 is 1.03 bits per heavy atom. The van der Waals surface area contributed by atoms with Gasteiger partial charge in [-0.3, -0.25) is 0 Å². The molecule has 1 aliphatic heterocycles. The first-order chi connectivity index (χ1) is 14.7. The predicted molar refractivity (Wildman–Crippen MR) is 113 cm³/mol. The Bertz CT molecular complexity index is 864. The summed E-state index contributed by atoms with van der Waals surface area (Å²) < 4.78 is 15.8. The van der Waals surface area contributed by atoms with Crippen molar-refractivity contribution in [1.29, 1.82) is 0 Å². The normalized spacial score (nSPS) is 16.7. The zero-order valence-electron chi connectivity index (χ0n) is 19.3. The molecule has 0 radical (unpaired) electrons. The number of carbonyl (C=O) groups excluding carboxylic acids is 3. The smallest absolute Gasteiger partial charge is 0.386 e. The van der Waals surface area contributed by atoms with Crippen molar-refractivity contribution in [3.8, 4) is 11.5 Å². The molecule has 3 atom stereocenters. The minimum Gasteiger partial charge on any atom is -0.458 e. The molecule has 1 aromatic carbocycles. The molecule has 0 aromatic heterocycles. The first-order valence-corrected chi connectivity index (χ1v) is 10.3. The lowest BCUT2D eigenvalue weighted by Crippen LogP contribution is -2.58. The van der Waals surface area contributed by atoms with Gasteiger partial charge in [0.25, 0.3) is 0 Å². The summed E-state index contributed by atoms with van der Waals surface area (Å²) in [6.45, 7) is 10.1. The summed E-state index contributed by atoms with van der Waals surface area (Å²) in [4.78, 5) is 47.0. The Morgan fingerprint density at radius 2 is 1.66 bits per heavy atom. The molecule has 10 nitrogen and oxygen atoms in total. The van der Waals surface area contributed by atoms with Gasteiger partial charge in [0.15, 0.2) is 11.5 Å². The van der Waals surface area contributed by atoms with E-state index in [0.29, 0.717) is 17.1 Å². The Balaban J connectivity index is 2.04. The van der Waals surface area contributed by atoms with Crippen LogP contribution < -0.4 is 20.9 Å². The third kappa shape index (κ3) is 6.10. The number of nitrogens with two attached hydrogens (primary N) is 2. The second-order valence-electron chi connectivity index (χ2n) is 9.27. The molecule has 0 fully saturated rings. The fraction of sp³-hybridized carbons (Fsp3) is 0.591. The first kappa shape index (κ1) is 25.4. The van der Waals surface area contributed by atoms with Crippen molar-refractivity contribution >= 4 is 17.9 Å². The summed E-state index contributed by atoms with van der Waals surface area (Å²) in [5.74, 6) is -3.03. The molecule has 0 aliphatic carbocycles. The number of hydrogen-bond acceptors (Lipinski definition) is 10. The number of ether oxygens (including phenoxy) is 3. The van der Waals surface area contributed by atoms with E-state index in [-0.39, 0.29) is 19.1 Å². The number of benzene rings is 1. The van der Waals surface area contributed by atoms with Crippen LogP contribution in [0.5, 0.6) is 11.5 Å². The van der Waals surface area contributed by atoms with Crippen LogP contribution >= 0.6 is 0 Å². The summed E-state index contributed by atoms with van der Waals surface area (Å²) in [5, 5.41) is 0. The molecule has 4 N–H and O–H groups in total. The lowest BCUT2D eigenvalue weighted by atomic mass is 9.89. The van der Waals surface area contributed by atoms with Gasteiger partial charge in [0.1, 0.15) is 5.60 Å². The van der Waals surface area contributed by atoms with Gasteiger partial charge in [-0.25, -0.2) is 24.2 Å². The fourth-order valence-corrected chi connectivity index (χ4v) is 3.05. The van der Waals surface area contributed by atoms with Crippen LogP contribution in [0, 0.1) is 11.8 Å². The first-order valence-electron chi connectivity index (χ1n) is 10.3. The Morgan fingerprint density at radius 3 is 2.25 bits per heavy atom. The quantitative estimate of drug-likeness (QED) is 0.273. The van der Waals surface area contributed by atoms with Gasteiger partial charge in [-0.05, 0) is 57.7 Å². The van der Waals surface area contributed by atoms with Crippen LogP contribution in [0.1, 0.15) is 59.6 Å². The van der Waals surface area contributed by atoms with Gasteiger partial charge < -0.3 is 25.7 Å². The highest BCUT2D eigenvalue weighted by Crippen LogP contribution is 2.35. The zero-order valence-corrected chi connectivity index (χ0v) is 19.3. The standard InChI is InChI=1S/C22H32N2O8/c1-12(2)10-22(24,19(26)30-21(4,5)6)20(27)32-31-18(25)13(3)17(23)14-7-8-15-16(9-14)29-11-28-15/h7-9,12-13,17H,10-11,23-24H2,1-6H3. The second kappa shape index (κ2) is 9.74. The van der Waals surface area contributed by atoms with Gasteiger partial charge in [-0.1, -0.05) is 19.9 Å². The molecule has 2 rings (SSSR count). The van der Waals surface area contributed by atoms with Gasteiger partial charge in [-0.15, -0.1) is 0 Å². The van der Waals surface area contributed by atoms with Crippen molar-refractivity contribution in [2.45, 2.75) is 65.1 Å². The Labute approximate surface area is 187 Å². The van der Waals surface area contributed by atoms with Crippen LogP contribution in [0.4, 0.5) is 0 Å². The van der Waals surface area contributed by atoms with Gasteiger partial charge in [0.05, 0.1) is 5.92 Å². The van der Waals surface area contributed by atoms with Crippen LogP contribution in [-0.4, -0.2) is 35.8 Å². The molecule has 10 heteroatoms. The van der Waals surface area contributed by atoms with Crippen molar-refractivity contribution < 1.29 is 38.4 Å². The molecule has 1 heterocycles. The highest BCUT2D eigenvalue weighted by Gasteiger charge is 2.48. The van der Waals surface area contributed by atoms with E-state index in [4.69, 9.17) is 30.6 Å². The van der Waals surface area contributed by atoms with Crippen molar-refractivity contribution in [3.63, 3.8) is 0 Å². The molecule has 0 bridgehead atoms. The number of fused-ring (bicyclic) bond motifs is 1. The maximum absolute atomic E-state index is 12.6. The van der Waals surface area contributed by atoms with E-state index in [1.165, 1.54) is 6.92 Å². The van der Waals surface area contributed by atoms with E-state index in [1.54, 1.807) is 52.8 Å². The van der Waals surface area contributed by atoms with Gasteiger partial charge in [0.2, 0.25) is 12.3 Å². The van der Waals surface area contributed by atoms with Gasteiger partial charge in [0, 0.05) is 6.04 Å². The maximum Gasteiger partial charge on any atom is 0.386 e. The molecule has 32 heavy (non-hydrogen) atoms. The lowest BCUT2D eigenvalue weighted by Gasteiger charge is -2.30. The Hall–Kier alpha value is -2.85. The topological polar surface area (TPSA) is 149 Å². The molecular formula is C22H32N2O8. The van der Waals surface area contributed by atoms with E-state index in [0.717, 1.165) is 0 Å². The molecule has 0 spiro atoms. The SMILES string of the molecule is CC(C)CC(N)(C(=O)OOC(=O)C(C)C(N)c1ccc2c(c1)OCO2)C(=O)OC(C)(C)C. The summed E-state index contributed by atoms with van der Waals surface area (Å²) in [7, 11) is 0. The van der Waals surface area contributed by atoms with Crippen LogP contribution in [0.15, 0.2) is 18.2 Å². The minimum atomic E-state index is -2.13. The maximum atomic E-state index is 12.6. The number of hydrogen-bond donors (Lipinski definition) is 2. The van der Waals surface area contributed by atoms with Crippen LogP contribution in [0.3, 0.4) is 0 Å². The van der Waals surface area contributed by atoms with Crippen LogP contribution in [0.2, 0.25) is 0 Å². The number of rotatable bonds is 7. The van der Waals surface area contributed by atoms with Gasteiger partial charge >= 0.3 is 17.9 Å². The number of carbonyl (C=O) groups is 3. The van der Waals surface area contributed by atoms with E-state index in [9.17, 15) is 14.4 Å². The third-order valence-electron chi connectivity index (χ3n) is 4.75. The monoisotopic (exact) mass is 452 g/mol. The predicted octanol–water partition coefficient (Wildman–Crippen LogP) is 2.14. The molecule has 1 aliphatic rings. The second-order valence-corrected chi connectivity index (χ2v) is 9.27. The fourth-order valence-electron chi connectivity index (χ4n) is 3.05. The molecule has 0 saturated heterocycles. The molecule has 0 amide bonds. The largest absolute Gasteiger partial charge is 0.458 e. The van der Waals surface area contributed by atoms with Crippen molar-refractivity contribution in [1.82, 2.24) is 0 Å². The zero-order chi connectivity index (χ0) is 24.3. The lowest BCUT2D eigenvalue weighted by molar-refractivity contribution is -0.267. The van der Waals surface area contributed by atoms with Crippen molar-refractivity contribution in [3.05, 3.63) is 23.8 Å². The molecule has 3 unspecified atom stereocenters. The molecule has 1 aromatic rings. The summed E-state index contributed by atoms with van der Waals surface area (Å²) >= 11 is 0. The van der Waals surface area contributed by atoms with Gasteiger partial charge in [-0.2, -0.15) is 0 Å².